The first-order valence-corrected chi connectivity index (χ1v) is 5.81. The number of benzene rings is 1. The average Bonchev–Trinajstić information content (AvgIpc) is 2.40. The van der Waals surface area contributed by atoms with Gasteiger partial charge in [-0.1, -0.05) is 17.7 Å². The van der Waals surface area contributed by atoms with Crippen LogP contribution in [0.4, 0.5) is 0 Å². The maximum absolute atomic E-state index is 5.89. The Labute approximate surface area is 111 Å². The number of aromatic nitrogens is 2. The zero-order valence-corrected chi connectivity index (χ0v) is 11.2. The van der Waals surface area contributed by atoms with Gasteiger partial charge in [0.1, 0.15) is 11.5 Å². The number of ether oxygens (including phenoxy) is 2. The third-order valence-corrected chi connectivity index (χ3v) is 3.04. The van der Waals surface area contributed by atoms with Crippen molar-refractivity contribution in [3.63, 3.8) is 0 Å². The summed E-state index contributed by atoms with van der Waals surface area (Å²) in [5, 5.41) is 8.18. The SMILES string of the molecule is COc1cccc(Oc2nnc(Cl)c(C)c2C)c1. The Morgan fingerprint density at radius 1 is 1.06 bits per heavy atom. The van der Waals surface area contributed by atoms with E-state index >= 15 is 0 Å². The van der Waals surface area contributed by atoms with Crippen LogP contribution in [0.1, 0.15) is 11.1 Å². The molecule has 0 atom stereocenters. The first-order valence-electron chi connectivity index (χ1n) is 5.43. The Morgan fingerprint density at radius 3 is 2.50 bits per heavy atom. The second-order valence-electron chi connectivity index (χ2n) is 3.83. The summed E-state index contributed by atoms with van der Waals surface area (Å²) in [6, 6.07) is 7.30. The molecule has 0 saturated heterocycles. The van der Waals surface area contributed by atoms with Crippen molar-refractivity contribution in [2.75, 3.05) is 7.11 Å². The van der Waals surface area contributed by atoms with Crippen molar-refractivity contribution >= 4 is 11.6 Å². The number of halogens is 1. The Bertz CT molecular complexity index is 573. The van der Waals surface area contributed by atoms with Crippen LogP contribution in [-0.4, -0.2) is 17.3 Å². The number of hydrogen-bond donors (Lipinski definition) is 0. The van der Waals surface area contributed by atoms with Crippen LogP contribution < -0.4 is 9.47 Å². The highest BCUT2D eigenvalue weighted by molar-refractivity contribution is 6.30. The molecule has 0 saturated carbocycles. The van der Waals surface area contributed by atoms with Crippen LogP contribution in [0.15, 0.2) is 24.3 Å². The highest BCUT2D eigenvalue weighted by Crippen LogP contribution is 2.28. The maximum Gasteiger partial charge on any atom is 0.242 e. The molecule has 0 fully saturated rings. The fourth-order valence-corrected chi connectivity index (χ4v) is 1.61. The van der Waals surface area contributed by atoms with Crippen LogP contribution in [-0.2, 0) is 0 Å². The molecule has 2 aromatic rings. The van der Waals surface area contributed by atoms with Gasteiger partial charge in [0.15, 0.2) is 5.15 Å². The summed E-state index contributed by atoms with van der Waals surface area (Å²) in [5.74, 6) is 1.82. The summed E-state index contributed by atoms with van der Waals surface area (Å²) >= 11 is 5.89. The molecule has 18 heavy (non-hydrogen) atoms. The molecular formula is C13H13ClN2O2. The molecule has 0 amide bonds. The molecule has 0 aliphatic heterocycles. The van der Waals surface area contributed by atoms with E-state index in [1.54, 1.807) is 13.2 Å². The maximum atomic E-state index is 5.89. The molecule has 0 aliphatic rings. The van der Waals surface area contributed by atoms with Crippen LogP contribution in [0.5, 0.6) is 17.4 Å². The molecule has 94 valence electrons. The smallest absolute Gasteiger partial charge is 0.242 e. The fraction of sp³-hybridized carbons (Fsp3) is 0.231. The van der Waals surface area contributed by atoms with E-state index in [1.165, 1.54) is 0 Å². The normalized spacial score (nSPS) is 10.2. The van der Waals surface area contributed by atoms with Crippen LogP contribution in [0.2, 0.25) is 5.15 Å². The average molecular weight is 265 g/mol. The first-order chi connectivity index (χ1) is 8.61. The molecule has 2 rings (SSSR count). The van der Waals surface area contributed by atoms with Gasteiger partial charge in [0, 0.05) is 11.6 Å². The first kappa shape index (κ1) is 12.6. The molecular weight excluding hydrogens is 252 g/mol. The second-order valence-corrected chi connectivity index (χ2v) is 4.19. The minimum Gasteiger partial charge on any atom is -0.497 e. The van der Waals surface area contributed by atoms with Gasteiger partial charge in [-0.2, -0.15) is 0 Å². The molecule has 1 heterocycles. The van der Waals surface area contributed by atoms with Crippen LogP contribution in [0.3, 0.4) is 0 Å². The fourth-order valence-electron chi connectivity index (χ4n) is 1.43. The largest absolute Gasteiger partial charge is 0.497 e. The molecule has 0 bridgehead atoms. The minimum absolute atomic E-state index is 0.394. The molecule has 0 unspecified atom stereocenters. The molecule has 0 spiro atoms. The summed E-state index contributed by atoms with van der Waals surface area (Å²) in [7, 11) is 1.61. The van der Waals surface area contributed by atoms with Gasteiger partial charge >= 0.3 is 0 Å². The molecule has 0 N–H and O–H groups in total. The third kappa shape index (κ3) is 2.54. The quantitative estimate of drug-likeness (QED) is 0.850. The Hall–Kier alpha value is -1.81. The summed E-state index contributed by atoms with van der Waals surface area (Å²) in [4.78, 5) is 0. The number of methoxy groups -OCH3 is 1. The summed E-state index contributed by atoms with van der Waals surface area (Å²) in [6.07, 6.45) is 0. The van der Waals surface area contributed by atoms with Gasteiger partial charge in [-0.25, -0.2) is 0 Å². The third-order valence-electron chi connectivity index (χ3n) is 2.68. The van der Waals surface area contributed by atoms with Crippen molar-refractivity contribution in [2.45, 2.75) is 13.8 Å². The van der Waals surface area contributed by atoms with E-state index in [2.05, 4.69) is 10.2 Å². The molecule has 0 aliphatic carbocycles. The highest BCUT2D eigenvalue weighted by Gasteiger charge is 2.10. The van der Waals surface area contributed by atoms with Crippen molar-refractivity contribution in [3.8, 4) is 17.4 Å². The van der Waals surface area contributed by atoms with Crippen molar-refractivity contribution in [1.82, 2.24) is 10.2 Å². The number of hydrogen-bond acceptors (Lipinski definition) is 4. The number of nitrogens with zero attached hydrogens (tertiary/aromatic N) is 2. The minimum atomic E-state index is 0.394. The van der Waals surface area contributed by atoms with Crippen molar-refractivity contribution in [1.29, 1.82) is 0 Å². The van der Waals surface area contributed by atoms with Gasteiger partial charge in [0.25, 0.3) is 0 Å². The van der Waals surface area contributed by atoms with Gasteiger partial charge < -0.3 is 9.47 Å². The monoisotopic (exact) mass is 264 g/mol. The predicted molar refractivity (Wildman–Crippen MR) is 69.6 cm³/mol. The lowest BCUT2D eigenvalue weighted by Crippen LogP contribution is -1.97. The summed E-state index contributed by atoms with van der Waals surface area (Å²) in [6.45, 7) is 3.77. The van der Waals surface area contributed by atoms with Crippen LogP contribution in [0, 0.1) is 13.8 Å². The Morgan fingerprint density at radius 2 is 1.78 bits per heavy atom. The van der Waals surface area contributed by atoms with E-state index in [0.717, 1.165) is 16.9 Å². The van der Waals surface area contributed by atoms with Crippen LogP contribution in [0.25, 0.3) is 0 Å². The lowest BCUT2D eigenvalue weighted by molar-refractivity contribution is 0.406. The van der Waals surface area contributed by atoms with Gasteiger partial charge in [0.05, 0.1) is 7.11 Å². The van der Waals surface area contributed by atoms with E-state index in [9.17, 15) is 0 Å². The predicted octanol–water partition coefficient (Wildman–Crippen LogP) is 3.55. The molecule has 1 aromatic heterocycles. The zero-order chi connectivity index (χ0) is 13.1. The second kappa shape index (κ2) is 5.23. The van der Waals surface area contributed by atoms with E-state index in [0.29, 0.717) is 16.8 Å². The van der Waals surface area contributed by atoms with Crippen LogP contribution >= 0.6 is 11.6 Å². The highest BCUT2D eigenvalue weighted by atomic mass is 35.5. The van der Waals surface area contributed by atoms with Gasteiger partial charge in [-0.05, 0) is 31.5 Å². The van der Waals surface area contributed by atoms with Crippen molar-refractivity contribution < 1.29 is 9.47 Å². The lowest BCUT2D eigenvalue weighted by atomic mass is 10.2. The summed E-state index contributed by atoms with van der Waals surface area (Å²) in [5.41, 5.74) is 1.74. The van der Waals surface area contributed by atoms with Crippen molar-refractivity contribution in [3.05, 3.63) is 40.5 Å². The standard InChI is InChI=1S/C13H13ClN2O2/c1-8-9(2)13(16-15-12(8)14)18-11-6-4-5-10(7-11)17-3/h4-7H,1-3H3. The van der Waals surface area contributed by atoms with E-state index < -0.39 is 0 Å². The van der Waals surface area contributed by atoms with Crippen molar-refractivity contribution in [2.24, 2.45) is 0 Å². The molecule has 4 nitrogen and oxygen atoms in total. The summed E-state index contributed by atoms with van der Waals surface area (Å²) < 4.78 is 10.8. The van der Waals surface area contributed by atoms with E-state index in [-0.39, 0.29) is 0 Å². The zero-order valence-electron chi connectivity index (χ0n) is 10.4. The molecule has 1 aromatic carbocycles. The van der Waals surface area contributed by atoms with Gasteiger partial charge in [-0.3, -0.25) is 0 Å². The molecule has 5 heteroatoms. The van der Waals surface area contributed by atoms with Gasteiger partial charge in [-0.15, -0.1) is 10.2 Å². The van der Waals surface area contributed by atoms with Gasteiger partial charge in [0.2, 0.25) is 5.88 Å². The topological polar surface area (TPSA) is 44.2 Å². The lowest BCUT2D eigenvalue weighted by Gasteiger charge is -2.10. The Kier molecular flexibility index (Phi) is 3.67. The number of rotatable bonds is 3. The Balaban J connectivity index is 2.31. The van der Waals surface area contributed by atoms with E-state index in [1.807, 2.05) is 32.0 Å². The van der Waals surface area contributed by atoms with E-state index in [4.69, 9.17) is 21.1 Å². The molecule has 0 radical (unpaired) electrons.